The highest BCUT2D eigenvalue weighted by Gasteiger charge is 2.36. The maximum absolute atomic E-state index is 12.6. The molecule has 144 valence electrons. The Morgan fingerprint density at radius 3 is 2.41 bits per heavy atom. The number of amides is 2. The summed E-state index contributed by atoms with van der Waals surface area (Å²) in [4.78, 5) is 38.9. The summed E-state index contributed by atoms with van der Waals surface area (Å²) in [6.45, 7) is 0.447. The van der Waals surface area contributed by atoms with Crippen LogP contribution in [0.3, 0.4) is 0 Å². The van der Waals surface area contributed by atoms with Gasteiger partial charge in [0.1, 0.15) is 0 Å². The van der Waals surface area contributed by atoms with Gasteiger partial charge in [-0.2, -0.15) is 0 Å². The minimum absolute atomic E-state index is 0.0803. The molecule has 1 atom stereocenters. The van der Waals surface area contributed by atoms with Crippen LogP contribution in [-0.4, -0.2) is 41.1 Å². The maximum atomic E-state index is 12.6. The predicted molar refractivity (Wildman–Crippen MR) is 105 cm³/mol. The number of nitrogens with zero attached hydrogens (tertiary/aromatic N) is 1. The average Bonchev–Trinajstić information content (AvgIpc) is 3.17. The highest BCUT2D eigenvalue weighted by molar-refractivity contribution is 6.35. The second-order valence-corrected chi connectivity index (χ2v) is 7.69. The number of benzene rings is 1. The first-order valence-electron chi connectivity index (χ1n) is 9.63. The first kappa shape index (κ1) is 19.6. The van der Waals surface area contributed by atoms with Crippen LogP contribution in [-0.2, 0) is 14.4 Å². The molecule has 2 aliphatic rings. The lowest BCUT2D eigenvalue weighted by Gasteiger charge is -2.26. The Morgan fingerprint density at radius 1 is 1.00 bits per heavy atom. The van der Waals surface area contributed by atoms with Crippen LogP contribution in [0.2, 0.25) is 5.02 Å². The van der Waals surface area contributed by atoms with E-state index in [4.69, 9.17) is 11.6 Å². The van der Waals surface area contributed by atoms with E-state index in [1.165, 1.54) is 17.4 Å². The van der Waals surface area contributed by atoms with Gasteiger partial charge in [0.2, 0.25) is 0 Å². The van der Waals surface area contributed by atoms with E-state index < -0.39 is 17.9 Å². The van der Waals surface area contributed by atoms with E-state index in [1.54, 1.807) is 18.2 Å². The normalized spacial score (nSPS) is 20.8. The third kappa shape index (κ3) is 5.19. The lowest BCUT2D eigenvalue weighted by Crippen LogP contribution is -2.50. The molecule has 27 heavy (non-hydrogen) atoms. The summed E-state index contributed by atoms with van der Waals surface area (Å²) in [6, 6.07) is 6.68. The quantitative estimate of drug-likeness (QED) is 0.635. The highest BCUT2D eigenvalue weighted by Crippen LogP contribution is 2.21. The van der Waals surface area contributed by atoms with Crippen LogP contribution in [0.5, 0.6) is 0 Å². The number of likely N-dealkylation sites (tertiary alicyclic amines) is 1. The number of ketones is 1. The molecule has 2 amide bonds. The van der Waals surface area contributed by atoms with Gasteiger partial charge in [-0.05, 0) is 49.5 Å². The summed E-state index contributed by atoms with van der Waals surface area (Å²) < 4.78 is 0. The lowest BCUT2D eigenvalue weighted by molar-refractivity contribution is -0.148. The molecule has 1 aliphatic carbocycles. The molecule has 1 aliphatic heterocycles. The molecular formula is C21H25ClN2O3. The molecule has 1 unspecified atom stereocenters. The second-order valence-electron chi connectivity index (χ2n) is 7.25. The van der Waals surface area contributed by atoms with Gasteiger partial charge in [-0.25, -0.2) is 0 Å². The van der Waals surface area contributed by atoms with Crippen molar-refractivity contribution in [1.82, 2.24) is 10.2 Å². The van der Waals surface area contributed by atoms with Gasteiger partial charge in [0.15, 0.2) is 5.78 Å². The van der Waals surface area contributed by atoms with E-state index in [9.17, 15) is 14.4 Å². The van der Waals surface area contributed by atoms with Gasteiger partial charge in [-0.1, -0.05) is 49.1 Å². The number of halogens is 1. The van der Waals surface area contributed by atoms with E-state index in [0.717, 1.165) is 37.7 Å². The van der Waals surface area contributed by atoms with Gasteiger partial charge in [0, 0.05) is 17.6 Å². The van der Waals surface area contributed by atoms with Crippen LogP contribution in [0.15, 0.2) is 30.3 Å². The smallest absolute Gasteiger partial charge is 0.312 e. The minimum atomic E-state index is -0.587. The number of nitrogens with one attached hydrogen (secondary N) is 1. The fourth-order valence-electron chi connectivity index (χ4n) is 3.79. The Kier molecular flexibility index (Phi) is 6.67. The first-order valence-corrected chi connectivity index (χ1v) is 10.0. The van der Waals surface area contributed by atoms with E-state index in [0.29, 0.717) is 18.0 Å². The molecule has 2 fully saturated rings. The molecular weight excluding hydrogens is 364 g/mol. The average molecular weight is 389 g/mol. The third-order valence-electron chi connectivity index (χ3n) is 5.29. The topological polar surface area (TPSA) is 66.5 Å². The van der Waals surface area contributed by atoms with Gasteiger partial charge >= 0.3 is 11.8 Å². The molecule has 5 nitrogen and oxygen atoms in total. The molecule has 0 spiro atoms. The standard InChI is InChI=1S/C21H25ClN2O3/c22-16-11-8-15(9-12-16)10-13-19(25)18-7-4-14-24(18)21(27)20(26)23-17-5-2-1-3-6-17/h8-13,17-18H,1-7,14H2,(H,23,26)/b13-10+. The van der Waals surface area contributed by atoms with Crippen molar-refractivity contribution in [3.8, 4) is 0 Å². The molecule has 0 radical (unpaired) electrons. The summed E-state index contributed by atoms with van der Waals surface area (Å²) in [5.74, 6) is -1.32. The SMILES string of the molecule is O=C(NC1CCCCC1)C(=O)N1CCCC1C(=O)/C=C/c1ccc(Cl)cc1. The van der Waals surface area contributed by atoms with E-state index in [-0.39, 0.29) is 11.8 Å². The van der Waals surface area contributed by atoms with Gasteiger partial charge in [0.25, 0.3) is 0 Å². The van der Waals surface area contributed by atoms with Crippen molar-refractivity contribution >= 4 is 35.3 Å². The van der Waals surface area contributed by atoms with Gasteiger partial charge in [-0.15, -0.1) is 0 Å². The maximum Gasteiger partial charge on any atom is 0.312 e. The number of carbonyl (C=O) groups excluding carboxylic acids is 3. The van der Waals surface area contributed by atoms with Crippen LogP contribution in [0.25, 0.3) is 6.08 Å². The van der Waals surface area contributed by atoms with E-state index in [1.807, 2.05) is 12.1 Å². The van der Waals surface area contributed by atoms with Crippen molar-refractivity contribution in [2.75, 3.05) is 6.54 Å². The lowest BCUT2D eigenvalue weighted by atomic mass is 9.95. The Bertz CT molecular complexity index is 723. The number of rotatable bonds is 4. The van der Waals surface area contributed by atoms with Gasteiger partial charge in [-0.3, -0.25) is 14.4 Å². The van der Waals surface area contributed by atoms with Crippen molar-refractivity contribution in [2.24, 2.45) is 0 Å². The monoisotopic (exact) mass is 388 g/mol. The van der Waals surface area contributed by atoms with Crippen LogP contribution in [0.1, 0.15) is 50.5 Å². The summed E-state index contributed by atoms with van der Waals surface area (Å²) in [5, 5.41) is 3.48. The Morgan fingerprint density at radius 2 is 1.70 bits per heavy atom. The number of carbonyl (C=O) groups is 3. The van der Waals surface area contributed by atoms with Crippen molar-refractivity contribution < 1.29 is 14.4 Å². The Balaban J connectivity index is 1.59. The molecule has 3 rings (SSSR count). The van der Waals surface area contributed by atoms with Crippen molar-refractivity contribution in [2.45, 2.75) is 57.0 Å². The zero-order valence-corrected chi connectivity index (χ0v) is 16.1. The van der Waals surface area contributed by atoms with Crippen molar-refractivity contribution in [3.05, 3.63) is 40.9 Å². The summed E-state index contributed by atoms with van der Waals surface area (Å²) in [6.07, 6.45) is 9.71. The predicted octanol–water partition coefficient (Wildman–Crippen LogP) is 3.36. The second kappa shape index (κ2) is 9.18. The summed E-state index contributed by atoms with van der Waals surface area (Å²) in [5.41, 5.74) is 0.860. The molecule has 1 aromatic carbocycles. The number of hydrogen-bond donors (Lipinski definition) is 1. The summed E-state index contributed by atoms with van der Waals surface area (Å²) in [7, 11) is 0. The fraction of sp³-hybridized carbons (Fsp3) is 0.476. The molecule has 1 heterocycles. The van der Waals surface area contributed by atoms with Crippen LogP contribution in [0, 0.1) is 0 Å². The first-order chi connectivity index (χ1) is 13.0. The fourth-order valence-corrected chi connectivity index (χ4v) is 3.92. The Hall–Kier alpha value is -2.14. The van der Waals surface area contributed by atoms with E-state index in [2.05, 4.69) is 5.32 Å². The van der Waals surface area contributed by atoms with Crippen molar-refractivity contribution in [3.63, 3.8) is 0 Å². The zero-order chi connectivity index (χ0) is 19.2. The largest absolute Gasteiger partial charge is 0.345 e. The minimum Gasteiger partial charge on any atom is -0.345 e. The molecule has 1 aromatic rings. The van der Waals surface area contributed by atoms with E-state index >= 15 is 0 Å². The van der Waals surface area contributed by atoms with Crippen LogP contribution < -0.4 is 5.32 Å². The highest BCUT2D eigenvalue weighted by atomic mass is 35.5. The number of hydrogen-bond acceptors (Lipinski definition) is 3. The molecule has 1 N–H and O–H groups in total. The van der Waals surface area contributed by atoms with Crippen molar-refractivity contribution in [1.29, 1.82) is 0 Å². The molecule has 1 saturated carbocycles. The molecule has 0 aromatic heterocycles. The van der Waals surface area contributed by atoms with Gasteiger partial charge < -0.3 is 10.2 Å². The zero-order valence-electron chi connectivity index (χ0n) is 15.3. The van der Waals surface area contributed by atoms with Gasteiger partial charge in [0.05, 0.1) is 6.04 Å². The third-order valence-corrected chi connectivity index (χ3v) is 5.54. The molecule has 1 saturated heterocycles. The molecule has 6 heteroatoms. The summed E-state index contributed by atoms with van der Waals surface area (Å²) >= 11 is 5.86. The van der Waals surface area contributed by atoms with Crippen LogP contribution in [0.4, 0.5) is 0 Å². The molecule has 0 bridgehead atoms. The van der Waals surface area contributed by atoms with Crippen LogP contribution >= 0.6 is 11.6 Å². The Labute approximate surface area is 164 Å².